The van der Waals surface area contributed by atoms with Gasteiger partial charge in [0.05, 0.1) is 0 Å². The summed E-state index contributed by atoms with van der Waals surface area (Å²) in [6, 6.07) is 4.44. The fourth-order valence-electron chi connectivity index (χ4n) is 1.90. The Morgan fingerprint density at radius 2 is 1.81 bits per heavy atom. The number of likely N-dealkylation sites (N-methyl/N-ethyl adjacent to an activating group) is 2. The van der Waals surface area contributed by atoms with E-state index in [-0.39, 0.29) is 0 Å². The van der Waals surface area contributed by atoms with Gasteiger partial charge in [-0.2, -0.15) is 0 Å². The molecule has 0 amide bonds. The van der Waals surface area contributed by atoms with Gasteiger partial charge in [0.2, 0.25) is 0 Å². The summed E-state index contributed by atoms with van der Waals surface area (Å²) in [4.78, 5) is 2.32. The Hall–Kier alpha value is -1.02. The normalized spacial score (nSPS) is 10.6. The van der Waals surface area contributed by atoms with Crippen molar-refractivity contribution in [3.63, 3.8) is 0 Å². The Labute approximate surface area is 99.7 Å². The van der Waals surface area contributed by atoms with E-state index in [2.05, 4.69) is 57.1 Å². The van der Waals surface area contributed by atoms with Crippen molar-refractivity contribution in [2.45, 2.75) is 27.7 Å². The van der Waals surface area contributed by atoms with Crippen molar-refractivity contribution < 1.29 is 0 Å². The van der Waals surface area contributed by atoms with Gasteiger partial charge in [-0.1, -0.05) is 13.0 Å². The molecular weight excluding hydrogens is 196 g/mol. The second kappa shape index (κ2) is 5.90. The Morgan fingerprint density at radius 3 is 2.44 bits per heavy atom. The van der Waals surface area contributed by atoms with Crippen molar-refractivity contribution in [3.8, 4) is 0 Å². The highest BCUT2D eigenvalue weighted by Crippen LogP contribution is 2.23. The number of hydrogen-bond acceptors (Lipinski definition) is 2. The van der Waals surface area contributed by atoms with Crippen molar-refractivity contribution >= 4 is 5.69 Å². The molecule has 2 heteroatoms. The zero-order valence-electron chi connectivity index (χ0n) is 11.2. The Kier molecular flexibility index (Phi) is 4.81. The molecular formula is C14H24N2. The summed E-state index contributed by atoms with van der Waals surface area (Å²) in [5.41, 5.74) is 5.54. The lowest BCUT2D eigenvalue weighted by molar-refractivity contribution is 0.705. The van der Waals surface area contributed by atoms with E-state index in [4.69, 9.17) is 0 Å². The van der Waals surface area contributed by atoms with Crippen LogP contribution < -0.4 is 10.2 Å². The number of anilines is 1. The fraction of sp³-hybridized carbons (Fsp3) is 0.571. The highest BCUT2D eigenvalue weighted by Gasteiger charge is 2.07. The standard InChI is InChI=1S/C14H24N2/c1-6-15-9-10-16(5)14-8-7-11(2)12(3)13(14)4/h7-8,15H,6,9-10H2,1-5H3. The molecule has 0 radical (unpaired) electrons. The summed E-state index contributed by atoms with van der Waals surface area (Å²) in [6.45, 7) is 11.9. The minimum atomic E-state index is 1.04. The molecule has 0 atom stereocenters. The minimum Gasteiger partial charge on any atom is -0.373 e. The molecule has 0 aromatic heterocycles. The first-order chi connectivity index (χ1) is 7.57. The molecule has 0 saturated carbocycles. The molecule has 0 bridgehead atoms. The van der Waals surface area contributed by atoms with E-state index < -0.39 is 0 Å². The zero-order valence-corrected chi connectivity index (χ0v) is 11.2. The summed E-state index contributed by atoms with van der Waals surface area (Å²) in [6.07, 6.45) is 0. The highest BCUT2D eigenvalue weighted by atomic mass is 15.1. The van der Waals surface area contributed by atoms with Crippen LogP contribution in [0.2, 0.25) is 0 Å². The van der Waals surface area contributed by atoms with Gasteiger partial charge in [-0.15, -0.1) is 0 Å². The minimum absolute atomic E-state index is 1.04. The van der Waals surface area contributed by atoms with Gasteiger partial charge in [-0.05, 0) is 50.1 Å². The first-order valence-electron chi connectivity index (χ1n) is 6.06. The molecule has 0 aliphatic carbocycles. The third-order valence-electron chi connectivity index (χ3n) is 3.31. The maximum Gasteiger partial charge on any atom is 0.0396 e. The van der Waals surface area contributed by atoms with E-state index >= 15 is 0 Å². The molecule has 0 aliphatic rings. The van der Waals surface area contributed by atoms with E-state index in [1.165, 1.54) is 22.4 Å². The average Bonchev–Trinajstić information content (AvgIpc) is 2.26. The largest absolute Gasteiger partial charge is 0.373 e. The van der Waals surface area contributed by atoms with Gasteiger partial charge in [-0.25, -0.2) is 0 Å². The lowest BCUT2D eigenvalue weighted by Crippen LogP contribution is -2.29. The van der Waals surface area contributed by atoms with Crippen molar-refractivity contribution in [1.29, 1.82) is 0 Å². The van der Waals surface area contributed by atoms with Crippen LogP contribution in [-0.2, 0) is 0 Å². The van der Waals surface area contributed by atoms with Crippen LogP contribution in [0.5, 0.6) is 0 Å². The molecule has 1 rings (SSSR count). The van der Waals surface area contributed by atoms with Gasteiger partial charge in [0.15, 0.2) is 0 Å². The number of aryl methyl sites for hydroxylation is 1. The molecule has 0 spiro atoms. The van der Waals surface area contributed by atoms with Crippen LogP contribution in [0.3, 0.4) is 0 Å². The number of nitrogens with one attached hydrogen (secondary N) is 1. The second-order valence-corrected chi connectivity index (χ2v) is 4.43. The van der Waals surface area contributed by atoms with Crippen LogP contribution in [0.4, 0.5) is 5.69 Å². The maximum absolute atomic E-state index is 3.35. The molecule has 0 heterocycles. The number of nitrogens with zero attached hydrogens (tertiary/aromatic N) is 1. The number of hydrogen-bond donors (Lipinski definition) is 1. The molecule has 16 heavy (non-hydrogen) atoms. The Balaban J connectivity index is 2.76. The molecule has 0 saturated heterocycles. The SMILES string of the molecule is CCNCCN(C)c1ccc(C)c(C)c1C. The summed E-state index contributed by atoms with van der Waals surface area (Å²) < 4.78 is 0. The molecule has 90 valence electrons. The molecule has 1 N–H and O–H groups in total. The van der Waals surface area contributed by atoms with Gasteiger partial charge in [0, 0.05) is 25.8 Å². The first kappa shape index (κ1) is 13.0. The van der Waals surface area contributed by atoms with E-state index in [1.54, 1.807) is 0 Å². The van der Waals surface area contributed by atoms with Crippen molar-refractivity contribution in [2.24, 2.45) is 0 Å². The molecule has 1 aromatic carbocycles. The number of benzene rings is 1. The summed E-state index contributed by atoms with van der Waals surface area (Å²) in [5, 5.41) is 3.35. The molecule has 2 nitrogen and oxygen atoms in total. The smallest absolute Gasteiger partial charge is 0.0396 e. The predicted molar refractivity (Wildman–Crippen MR) is 72.5 cm³/mol. The van der Waals surface area contributed by atoms with Crippen LogP contribution in [0.25, 0.3) is 0 Å². The predicted octanol–water partition coefficient (Wildman–Crippen LogP) is 2.66. The molecule has 0 unspecified atom stereocenters. The zero-order chi connectivity index (χ0) is 12.1. The molecule has 1 aromatic rings. The van der Waals surface area contributed by atoms with Crippen LogP contribution in [0, 0.1) is 20.8 Å². The van der Waals surface area contributed by atoms with Crippen LogP contribution in [0.15, 0.2) is 12.1 Å². The highest BCUT2D eigenvalue weighted by molar-refractivity contribution is 5.57. The molecule has 0 aliphatic heterocycles. The van der Waals surface area contributed by atoms with Crippen LogP contribution in [-0.4, -0.2) is 26.7 Å². The van der Waals surface area contributed by atoms with Gasteiger partial charge in [-0.3, -0.25) is 0 Å². The summed E-state index contributed by atoms with van der Waals surface area (Å²) in [7, 11) is 2.16. The lowest BCUT2D eigenvalue weighted by Gasteiger charge is -2.23. The summed E-state index contributed by atoms with van der Waals surface area (Å²) in [5.74, 6) is 0. The van der Waals surface area contributed by atoms with Crippen LogP contribution in [0.1, 0.15) is 23.6 Å². The summed E-state index contributed by atoms with van der Waals surface area (Å²) >= 11 is 0. The van der Waals surface area contributed by atoms with Crippen LogP contribution >= 0.6 is 0 Å². The van der Waals surface area contributed by atoms with E-state index in [1.807, 2.05) is 0 Å². The van der Waals surface area contributed by atoms with Gasteiger partial charge < -0.3 is 10.2 Å². The van der Waals surface area contributed by atoms with E-state index in [0.717, 1.165) is 19.6 Å². The fourth-order valence-corrected chi connectivity index (χ4v) is 1.90. The van der Waals surface area contributed by atoms with Crippen molar-refractivity contribution in [1.82, 2.24) is 5.32 Å². The van der Waals surface area contributed by atoms with Gasteiger partial charge in [0.1, 0.15) is 0 Å². The third kappa shape index (κ3) is 2.99. The van der Waals surface area contributed by atoms with Crippen molar-refractivity contribution in [3.05, 3.63) is 28.8 Å². The first-order valence-corrected chi connectivity index (χ1v) is 6.06. The van der Waals surface area contributed by atoms with E-state index in [0.29, 0.717) is 0 Å². The van der Waals surface area contributed by atoms with E-state index in [9.17, 15) is 0 Å². The topological polar surface area (TPSA) is 15.3 Å². The second-order valence-electron chi connectivity index (χ2n) is 4.43. The number of rotatable bonds is 5. The maximum atomic E-state index is 3.35. The van der Waals surface area contributed by atoms with Gasteiger partial charge >= 0.3 is 0 Å². The monoisotopic (exact) mass is 220 g/mol. The average molecular weight is 220 g/mol. The van der Waals surface area contributed by atoms with Crippen molar-refractivity contribution in [2.75, 3.05) is 31.6 Å². The third-order valence-corrected chi connectivity index (χ3v) is 3.31. The Morgan fingerprint density at radius 1 is 1.12 bits per heavy atom. The quantitative estimate of drug-likeness (QED) is 0.767. The molecule has 0 fully saturated rings. The lowest BCUT2D eigenvalue weighted by atomic mass is 10.0. The van der Waals surface area contributed by atoms with Gasteiger partial charge in [0.25, 0.3) is 0 Å². The Bertz CT molecular complexity index is 345.